The number of benzodiazepines with no additional fused rings is 1. The number of hydrogen-bond donors (Lipinski definition) is 2. The standard InChI is InChI=1S/C24H29N5O/c1-17-22-14-20(9-10-23(22)28-12-11-27-17)24(15-26-3)29-18(2)30-16-21(25)13-19-7-5-4-6-8-19/h4-10,14-15,21,28H,3,11-13,16,25H2,1-2H3/b24-15-,29-18?/t21-/m1/s1. The summed E-state index contributed by atoms with van der Waals surface area (Å²) < 4.78 is 5.81. The van der Waals surface area contributed by atoms with Gasteiger partial charge in [-0.1, -0.05) is 36.4 Å². The molecule has 0 amide bonds. The van der Waals surface area contributed by atoms with Crippen molar-refractivity contribution in [2.24, 2.45) is 20.7 Å². The number of rotatable bonds is 7. The van der Waals surface area contributed by atoms with Crippen molar-refractivity contribution < 1.29 is 4.74 Å². The van der Waals surface area contributed by atoms with Gasteiger partial charge in [0.15, 0.2) is 5.90 Å². The fourth-order valence-electron chi connectivity index (χ4n) is 3.32. The highest BCUT2D eigenvalue weighted by Gasteiger charge is 2.12. The van der Waals surface area contributed by atoms with E-state index in [-0.39, 0.29) is 6.04 Å². The van der Waals surface area contributed by atoms with E-state index in [9.17, 15) is 0 Å². The Hall–Kier alpha value is -3.25. The summed E-state index contributed by atoms with van der Waals surface area (Å²) in [5.74, 6) is 0.534. The Balaban J connectivity index is 1.71. The zero-order valence-corrected chi connectivity index (χ0v) is 17.6. The third-order valence-electron chi connectivity index (χ3n) is 4.82. The normalized spacial score (nSPS) is 15.4. The molecular weight excluding hydrogens is 374 g/mol. The van der Waals surface area contributed by atoms with Gasteiger partial charge < -0.3 is 15.8 Å². The number of aliphatic imine (C=N–C) groups is 3. The molecule has 2 aromatic carbocycles. The third kappa shape index (κ3) is 5.87. The van der Waals surface area contributed by atoms with Crippen LogP contribution in [0.3, 0.4) is 0 Å². The van der Waals surface area contributed by atoms with Crippen LogP contribution in [0.1, 0.15) is 30.5 Å². The average molecular weight is 404 g/mol. The SMILES string of the molecule is C=N/C=C(\N=C(C)OC[C@H](N)Cc1ccccc1)c1ccc2c(c1)C(C)=NCCN2. The van der Waals surface area contributed by atoms with Crippen LogP contribution >= 0.6 is 0 Å². The Bertz CT molecular complexity index is 963. The molecule has 3 rings (SSSR count). The molecule has 3 N–H and O–H groups in total. The van der Waals surface area contributed by atoms with Crippen LogP contribution in [0, 0.1) is 0 Å². The van der Waals surface area contributed by atoms with E-state index in [1.165, 1.54) is 5.56 Å². The summed E-state index contributed by atoms with van der Waals surface area (Å²) in [6, 6.07) is 16.2. The van der Waals surface area contributed by atoms with Gasteiger partial charge in [-0.05, 0) is 37.8 Å². The van der Waals surface area contributed by atoms with Crippen molar-refractivity contribution in [2.75, 3.05) is 25.0 Å². The van der Waals surface area contributed by atoms with Crippen LogP contribution in [0.4, 0.5) is 5.69 Å². The minimum atomic E-state index is -0.111. The van der Waals surface area contributed by atoms with Crippen molar-refractivity contribution in [3.63, 3.8) is 0 Å². The Labute approximate surface area is 178 Å². The largest absolute Gasteiger partial charge is 0.479 e. The molecule has 0 unspecified atom stereocenters. The highest BCUT2D eigenvalue weighted by Crippen LogP contribution is 2.25. The monoisotopic (exact) mass is 403 g/mol. The number of ether oxygens (including phenoxy) is 1. The van der Waals surface area contributed by atoms with Crippen LogP contribution in [-0.4, -0.2) is 44.1 Å². The van der Waals surface area contributed by atoms with Crippen LogP contribution in [0.5, 0.6) is 0 Å². The van der Waals surface area contributed by atoms with Crippen molar-refractivity contribution in [1.29, 1.82) is 0 Å². The number of nitrogens with two attached hydrogens (primary N) is 1. The van der Waals surface area contributed by atoms with Gasteiger partial charge in [-0.25, -0.2) is 4.99 Å². The first-order valence-electron chi connectivity index (χ1n) is 10.1. The molecule has 1 aliphatic heterocycles. The van der Waals surface area contributed by atoms with E-state index < -0.39 is 0 Å². The lowest BCUT2D eigenvalue weighted by Gasteiger charge is -2.14. The van der Waals surface area contributed by atoms with E-state index >= 15 is 0 Å². The number of nitrogens with zero attached hydrogens (tertiary/aromatic N) is 3. The third-order valence-corrected chi connectivity index (χ3v) is 4.82. The molecular formula is C24H29N5O. The number of benzene rings is 2. The molecule has 0 bridgehead atoms. The number of nitrogens with one attached hydrogen (secondary N) is 1. The van der Waals surface area contributed by atoms with Gasteiger partial charge in [-0.3, -0.25) is 9.98 Å². The van der Waals surface area contributed by atoms with Gasteiger partial charge in [0, 0.05) is 42.0 Å². The molecule has 30 heavy (non-hydrogen) atoms. The molecule has 0 radical (unpaired) electrons. The number of anilines is 1. The van der Waals surface area contributed by atoms with Gasteiger partial charge in [-0.15, -0.1) is 0 Å². The Morgan fingerprint density at radius 3 is 2.87 bits per heavy atom. The van der Waals surface area contributed by atoms with Crippen molar-refractivity contribution in [3.05, 3.63) is 71.4 Å². The molecule has 0 spiro atoms. The van der Waals surface area contributed by atoms with Gasteiger partial charge in [0.05, 0.1) is 18.4 Å². The molecule has 0 fully saturated rings. The van der Waals surface area contributed by atoms with E-state index in [0.29, 0.717) is 18.2 Å². The van der Waals surface area contributed by atoms with Crippen LogP contribution in [0.2, 0.25) is 0 Å². The van der Waals surface area contributed by atoms with Gasteiger partial charge >= 0.3 is 0 Å². The molecule has 1 aliphatic rings. The molecule has 1 heterocycles. The van der Waals surface area contributed by atoms with Crippen LogP contribution in [0.25, 0.3) is 5.70 Å². The number of hydrogen-bond acceptors (Lipinski definition) is 6. The van der Waals surface area contributed by atoms with Crippen molar-refractivity contribution in [2.45, 2.75) is 26.3 Å². The Morgan fingerprint density at radius 1 is 1.30 bits per heavy atom. The minimum Gasteiger partial charge on any atom is -0.479 e. The van der Waals surface area contributed by atoms with Crippen molar-refractivity contribution in [1.82, 2.24) is 0 Å². The molecule has 6 heteroatoms. The lowest BCUT2D eigenvalue weighted by Crippen LogP contribution is -2.29. The predicted octanol–water partition coefficient (Wildman–Crippen LogP) is 3.93. The van der Waals surface area contributed by atoms with Gasteiger partial charge in [0.1, 0.15) is 6.61 Å². The lowest BCUT2D eigenvalue weighted by atomic mass is 10.0. The Morgan fingerprint density at radius 2 is 2.10 bits per heavy atom. The fraction of sp³-hybridized carbons (Fsp3) is 0.292. The summed E-state index contributed by atoms with van der Waals surface area (Å²) in [7, 11) is 0. The summed E-state index contributed by atoms with van der Waals surface area (Å²) in [6.07, 6.45) is 2.39. The first-order valence-corrected chi connectivity index (χ1v) is 10.1. The van der Waals surface area contributed by atoms with E-state index in [1.807, 2.05) is 44.2 Å². The van der Waals surface area contributed by atoms with Crippen LogP contribution in [0.15, 0.2) is 69.7 Å². The van der Waals surface area contributed by atoms with Crippen LogP contribution in [-0.2, 0) is 11.2 Å². The van der Waals surface area contributed by atoms with Gasteiger partial charge in [0.2, 0.25) is 0 Å². The Kier molecular flexibility index (Phi) is 7.51. The zero-order chi connectivity index (χ0) is 21.3. The maximum atomic E-state index is 6.22. The maximum absolute atomic E-state index is 6.22. The van der Waals surface area contributed by atoms with E-state index in [2.05, 4.69) is 45.2 Å². The minimum absolute atomic E-state index is 0.111. The maximum Gasteiger partial charge on any atom is 0.185 e. The second-order valence-corrected chi connectivity index (χ2v) is 7.24. The first-order chi connectivity index (χ1) is 14.6. The summed E-state index contributed by atoms with van der Waals surface area (Å²) in [6.45, 7) is 9.41. The van der Waals surface area contributed by atoms with Crippen molar-refractivity contribution in [3.8, 4) is 0 Å². The fourth-order valence-corrected chi connectivity index (χ4v) is 3.32. The molecule has 6 nitrogen and oxygen atoms in total. The molecule has 0 aliphatic carbocycles. The average Bonchev–Trinajstić information content (AvgIpc) is 2.94. The van der Waals surface area contributed by atoms with Gasteiger partial charge in [-0.2, -0.15) is 0 Å². The molecule has 0 saturated carbocycles. The highest BCUT2D eigenvalue weighted by atomic mass is 16.5. The summed E-state index contributed by atoms with van der Waals surface area (Å²) in [5.41, 5.74) is 12.2. The predicted molar refractivity (Wildman–Crippen MR) is 127 cm³/mol. The molecule has 156 valence electrons. The van der Waals surface area contributed by atoms with Crippen molar-refractivity contribution >= 4 is 29.7 Å². The first kappa shape index (κ1) is 21.5. The van der Waals surface area contributed by atoms with E-state index in [1.54, 1.807) is 6.20 Å². The molecule has 2 aromatic rings. The zero-order valence-electron chi connectivity index (χ0n) is 17.6. The smallest absolute Gasteiger partial charge is 0.185 e. The summed E-state index contributed by atoms with van der Waals surface area (Å²) >= 11 is 0. The topological polar surface area (TPSA) is 84.4 Å². The highest BCUT2D eigenvalue weighted by molar-refractivity contribution is 6.04. The summed E-state index contributed by atoms with van der Waals surface area (Å²) in [5, 5.41) is 3.40. The second kappa shape index (κ2) is 10.5. The summed E-state index contributed by atoms with van der Waals surface area (Å²) in [4.78, 5) is 13.1. The quantitative estimate of drug-likeness (QED) is 0.543. The second-order valence-electron chi connectivity index (χ2n) is 7.24. The molecule has 1 atom stereocenters. The molecule has 0 aromatic heterocycles. The lowest BCUT2D eigenvalue weighted by molar-refractivity contribution is 0.273. The number of fused-ring (bicyclic) bond motifs is 1. The van der Waals surface area contributed by atoms with E-state index in [4.69, 9.17) is 10.5 Å². The van der Waals surface area contributed by atoms with E-state index in [0.717, 1.165) is 42.0 Å². The van der Waals surface area contributed by atoms with Gasteiger partial charge in [0.25, 0.3) is 0 Å². The molecule has 0 saturated heterocycles. The van der Waals surface area contributed by atoms with Crippen LogP contribution < -0.4 is 11.1 Å².